The van der Waals surface area contributed by atoms with E-state index in [2.05, 4.69) is 15.5 Å². The van der Waals surface area contributed by atoms with Crippen LogP contribution in [0.1, 0.15) is 21.8 Å². The number of halogens is 1. The molecule has 1 aromatic heterocycles. The molecule has 0 saturated heterocycles. The lowest BCUT2D eigenvalue weighted by Gasteiger charge is -2.09. The Morgan fingerprint density at radius 3 is 2.65 bits per heavy atom. The van der Waals surface area contributed by atoms with Crippen molar-refractivity contribution in [1.82, 2.24) is 10.1 Å². The fraction of sp³-hybridized carbons (Fsp3) is 0.118. The van der Waals surface area contributed by atoms with Crippen molar-refractivity contribution in [2.75, 3.05) is 5.32 Å². The predicted octanol–water partition coefficient (Wildman–Crippen LogP) is 3.74. The van der Waals surface area contributed by atoms with Gasteiger partial charge >= 0.3 is 0 Å². The molecule has 0 aliphatic carbocycles. The van der Waals surface area contributed by atoms with Gasteiger partial charge in [0.05, 0.1) is 0 Å². The average Bonchev–Trinajstić information content (AvgIpc) is 2.96. The minimum atomic E-state index is -0.447. The Bertz CT molecular complexity index is 874. The Morgan fingerprint density at radius 1 is 1.17 bits per heavy atom. The van der Waals surface area contributed by atoms with Crippen molar-refractivity contribution in [3.63, 3.8) is 0 Å². The van der Waals surface area contributed by atoms with Crippen molar-refractivity contribution in [1.29, 1.82) is 0 Å². The molecule has 23 heavy (non-hydrogen) atoms. The normalized spacial score (nSPS) is 10.6. The van der Waals surface area contributed by atoms with E-state index in [1.165, 1.54) is 18.2 Å². The summed E-state index contributed by atoms with van der Waals surface area (Å²) in [4.78, 5) is 16.3. The van der Waals surface area contributed by atoms with E-state index in [0.29, 0.717) is 17.4 Å². The molecule has 0 bridgehead atoms. The average molecular weight is 311 g/mol. The third kappa shape index (κ3) is 3.26. The molecule has 0 saturated carbocycles. The highest BCUT2D eigenvalue weighted by atomic mass is 19.1. The molecule has 2 aromatic carbocycles. The molecule has 0 atom stereocenters. The number of hydrogen-bond donors (Lipinski definition) is 1. The van der Waals surface area contributed by atoms with Gasteiger partial charge in [-0.05, 0) is 48.9 Å². The zero-order chi connectivity index (χ0) is 16.4. The number of nitrogens with one attached hydrogen (secondary N) is 1. The molecule has 3 aromatic rings. The Hall–Kier alpha value is -3.02. The second-order valence-electron chi connectivity index (χ2n) is 5.13. The fourth-order valence-electron chi connectivity index (χ4n) is 2.18. The van der Waals surface area contributed by atoms with Crippen molar-refractivity contribution >= 4 is 11.6 Å². The molecule has 5 nitrogen and oxygen atoms in total. The van der Waals surface area contributed by atoms with Crippen molar-refractivity contribution in [2.45, 2.75) is 13.8 Å². The van der Waals surface area contributed by atoms with E-state index in [1.807, 2.05) is 13.0 Å². The SMILES string of the molecule is Cc1nc(-c2ccc(NC(=O)c3cccc(F)c3)c(C)c2)no1. The van der Waals surface area contributed by atoms with Gasteiger partial charge in [0.15, 0.2) is 0 Å². The van der Waals surface area contributed by atoms with Gasteiger partial charge in [-0.15, -0.1) is 0 Å². The summed E-state index contributed by atoms with van der Waals surface area (Å²) in [6.07, 6.45) is 0. The van der Waals surface area contributed by atoms with Crippen LogP contribution in [0, 0.1) is 19.7 Å². The number of rotatable bonds is 3. The van der Waals surface area contributed by atoms with Crippen LogP contribution in [-0.4, -0.2) is 16.0 Å². The van der Waals surface area contributed by atoms with Gasteiger partial charge in [-0.1, -0.05) is 11.2 Å². The standard InChI is InChI=1S/C17H14FN3O2/c1-10-8-12(16-19-11(2)23-21-16)6-7-15(10)20-17(22)13-4-3-5-14(18)9-13/h3-9H,1-2H3,(H,20,22). The van der Waals surface area contributed by atoms with Crippen molar-refractivity contribution < 1.29 is 13.7 Å². The third-order valence-corrected chi connectivity index (χ3v) is 3.35. The highest BCUT2D eigenvalue weighted by Gasteiger charge is 2.11. The van der Waals surface area contributed by atoms with E-state index in [1.54, 1.807) is 25.1 Å². The summed E-state index contributed by atoms with van der Waals surface area (Å²) in [5, 5.41) is 6.63. The van der Waals surface area contributed by atoms with Crippen LogP contribution in [-0.2, 0) is 0 Å². The van der Waals surface area contributed by atoms with E-state index >= 15 is 0 Å². The predicted molar refractivity (Wildman–Crippen MR) is 83.6 cm³/mol. The number of carbonyl (C=O) groups excluding carboxylic acids is 1. The highest BCUT2D eigenvalue weighted by Crippen LogP contribution is 2.23. The van der Waals surface area contributed by atoms with Gasteiger partial charge < -0.3 is 9.84 Å². The Kier molecular flexibility index (Phi) is 3.89. The summed E-state index contributed by atoms with van der Waals surface area (Å²) in [6, 6.07) is 10.9. The first-order chi connectivity index (χ1) is 11.0. The Morgan fingerprint density at radius 2 is 2.00 bits per heavy atom. The molecule has 1 heterocycles. The molecule has 0 spiro atoms. The van der Waals surface area contributed by atoms with Crippen molar-refractivity contribution in [3.8, 4) is 11.4 Å². The molecular weight excluding hydrogens is 297 g/mol. The number of carbonyl (C=O) groups is 1. The van der Waals surface area contributed by atoms with Gasteiger partial charge in [0.1, 0.15) is 5.82 Å². The number of amides is 1. The van der Waals surface area contributed by atoms with Crippen LogP contribution in [0.3, 0.4) is 0 Å². The van der Waals surface area contributed by atoms with Crippen LogP contribution in [0.15, 0.2) is 47.0 Å². The minimum Gasteiger partial charge on any atom is -0.339 e. The van der Waals surface area contributed by atoms with Gasteiger partial charge in [-0.3, -0.25) is 4.79 Å². The molecule has 0 unspecified atom stereocenters. The second kappa shape index (κ2) is 6.00. The number of aromatic nitrogens is 2. The summed E-state index contributed by atoms with van der Waals surface area (Å²) in [6.45, 7) is 3.58. The van der Waals surface area contributed by atoms with Crippen LogP contribution in [0.2, 0.25) is 0 Å². The quantitative estimate of drug-likeness (QED) is 0.800. The van der Waals surface area contributed by atoms with Crippen molar-refractivity contribution in [2.24, 2.45) is 0 Å². The number of aryl methyl sites for hydroxylation is 2. The van der Waals surface area contributed by atoms with Gasteiger partial charge in [0.25, 0.3) is 5.91 Å². The van der Waals surface area contributed by atoms with Crippen LogP contribution >= 0.6 is 0 Å². The molecule has 0 radical (unpaired) electrons. The molecule has 0 aliphatic heterocycles. The summed E-state index contributed by atoms with van der Waals surface area (Å²) in [7, 11) is 0. The first kappa shape index (κ1) is 14.9. The molecule has 3 rings (SSSR count). The maximum atomic E-state index is 13.2. The minimum absolute atomic E-state index is 0.266. The number of anilines is 1. The van der Waals surface area contributed by atoms with Gasteiger partial charge in [0, 0.05) is 23.7 Å². The first-order valence-corrected chi connectivity index (χ1v) is 7.01. The number of hydrogen-bond acceptors (Lipinski definition) is 4. The van der Waals surface area contributed by atoms with Crippen LogP contribution in [0.4, 0.5) is 10.1 Å². The lowest BCUT2D eigenvalue weighted by Crippen LogP contribution is -2.13. The lowest BCUT2D eigenvalue weighted by molar-refractivity contribution is 0.102. The fourth-order valence-corrected chi connectivity index (χ4v) is 2.18. The van der Waals surface area contributed by atoms with Crippen molar-refractivity contribution in [3.05, 3.63) is 65.3 Å². The van der Waals surface area contributed by atoms with E-state index in [9.17, 15) is 9.18 Å². The third-order valence-electron chi connectivity index (χ3n) is 3.35. The zero-order valence-corrected chi connectivity index (χ0v) is 12.6. The monoisotopic (exact) mass is 311 g/mol. The van der Waals surface area contributed by atoms with E-state index in [4.69, 9.17) is 4.52 Å². The van der Waals surface area contributed by atoms with Gasteiger partial charge in [-0.25, -0.2) is 4.39 Å². The zero-order valence-electron chi connectivity index (χ0n) is 12.6. The number of nitrogens with zero attached hydrogens (tertiary/aromatic N) is 2. The Labute approximate surface area is 132 Å². The maximum Gasteiger partial charge on any atom is 0.255 e. The summed E-state index contributed by atoms with van der Waals surface area (Å²) < 4.78 is 18.1. The smallest absolute Gasteiger partial charge is 0.255 e. The topological polar surface area (TPSA) is 68.0 Å². The van der Waals surface area contributed by atoms with E-state index in [0.717, 1.165) is 11.1 Å². The van der Waals surface area contributed by atoms with Crippen LogP contribution < -0.4 is 5.32 Å². The summed E-state index contributed by atoms with van der Waals surface area (Å²) >= 11 is 0. The van der Waals surface area contributed by atoms with Crippen LogP contribution in [0.25, 0.3) is 11.4 Å². The van der Waals surface area contributed by atoms with Gasteiger partial charge in [-0.2, -0.15) is 4.98 Å². The molecule has 1 N–H and O–H groups in total. The largest absolute Gasteiger partial charge is 0.339 e. The number of benzene rings is 2. The highest BCUT2D eigenvalue weighted by molar-refractivity contribution is 6.04. The molecule has 1 amide bonds. The van der Waals surface area contributed by atoms with Crippen LogP contribution in [0.5, 0.6) is 0 Å². The first-order valence-electron chi connectivity index (χ1n) is 7.01. The molecular formula is C17H14FN3O2. The maximum absolute atomic E-state index is 13.2. The summed E-state index contributed by atoms with van der Waals surface area (Å²) in [5.41, 5.74) is 2.54. The molecule has 6 heteroatoms. The molecule has 116 valence electrons. The van der Waals surface area contributed by atoms with E-state index < -0.39 is 5.82 Å². The molecule has 0 aliphatic rings. The van der Waals surface area contributed by atoms with E-state index in [-0.39, 0.29) is 11.5 Å². The summed E-state index contributed by atoms with van der Waals surface area (Å²) in [5.74, 6) is 0.169. The molecule has 0 fully saturated rings. The van der Waals surface area contributed by atoms with Gasteiger partial charge in [0.2, 0.25) is 11.7 Å². The second-order valence-corrected chi connectivity index (χ2v) is 5.13. The Balaban J connectivity index is 1.82. The lowest BCUT2D eigenvalue weighted by atomic mass is 10.1.